The van der Waals surface area contributed by atoms with E-state index in [0.717, 1.165) is 17.2 Å². The Kier molecular flexibility index (Phi) is 7.09. The Labute approximate surface area is 190 Å². The van der Waals surface area contributed by atoms with E-state index >= 15 is 0 Å². The summed E-state index contributed by atoms with van der Waals surface area (Å²) in [6.45, 7) is 3.12. The van der Waals surface area contributed by atoms with Crippen LogP contribution < -0.4 is 4.74 Å². The van der Waals surface area contributed by atoms with Gasteiger partial charge in [-0.3, -0.25) is 4.79 Å². The topological polar surface area (TPSA) is 59.4 Å². The molecule has 0 aliphatic carbocycles. The number of hydrogen-bond acceptors (Lipinski definition) is 4. The van der Waals surface area contributed by atoms with Gasteiger partial charge in [-0.25, -0.2) is 4.39 Å². The fourth-order valence-electron chi connectivity index (χ4n) is 3.20. The third-order valence-electron chi connectivity index (χ3n) is 5.07. The molecule has 3 aromatic rings. The fourth-order valence-corrected chi connectivity index (χ4v) is 4.21. The average Bonchev–Trinajstić information content (AvgIpc) is 3.14. The summed E-state index contributed by atoms with van der Waals surface area (Å²) >= 11 is 6.30. The molecule has 0 fully saturated rings. The molecule has 0 atom stereocenters. The second-order valence-electron chi connectivity index (χ2n) is 7.12. The zero-order valence-electron chi connectivity index (χ0n) is 17.0. The van der Waals surface area contributed by atoms with Crippen molar-refractivity contribution in [3.05, 3.63) is 69.1 Å². The molecule has 170 valence electrons. The minimum absolute atomic E-state index is 0.0307. The highest BCUT2D eigenvalue weighted by Crippen LogP contribution is 2.40. The van der Waals surface area contributed by atoms with E-state index in [2.05, 4.69) is 4.37 Å². The first kappa shape index (κ1) is 24.0. The number of hydrogen-bond donors (Lipinski definition) is 1. The maximum Gasteiger partial charge on any atom is 0.434 e. The molecule has 0 saturated carbocycles. The van der Waals surface area contributed by atoms with Crippen molar-refractivity contribution in [3.8, 4) is 16.2 Å². The molecule has 0 spiro atoms. The van der Waals surface area contributed by atoms with Crippen molar-refractivity contribution in [2.45, 2.75) is 39.5 Å². The Morgan fingerprint density at radius 3 is 2.53 bits per heavy atom. The smallest absolute Gasteiger partial charge is 0.434 e. The van der Waals surface area contributed by atoms with Crippen LogP contribution >= 0.6 is 23.1 Å². The Balaban J connectivity index is 1.93. The van der Waals surface area contributed by atoms with Crippen molar-refractivity contribution >= 4 is 29.1 Å². The molecule has 1 aromatic heterocycles. The van der Waals surface area contributed by atoms with Gasteiger partial charge in [0.2, 0.25) is 0 Å². The number of aromatic nitrogens is 1. The predicted molar refractivity (Wildman–Crippen MR) is 114 cm³/mol. The van der Waals surface area contributed by atoms with Crippen LogP contribution in [0.25, 0.3) is 10.4 Å². The molecule has 1 heterocycles. The molecule has 4 nitrogen and oxygen atoms in total. The largest absolute Gasteiger partial charge is 0.488 e. The van der Waals surface area contributed by atoms with E-state index < -0.39 is 30.3 Å². The molecular formula is C22H18ClF4NO3S. The van der Waals surface area contributed by atoms with Crippen LogP contribution in [-0.2, 0) is 24.0 Å². The summed E-state index contributed by atoms with van der Waals surface area (Å²) in [7, 11) is 0. The molecule has 0 aliphatic rings. The van der Waals surface area contributed by atoms with Gasteiger partial charge in [-0.1, -0.05) is 23.7 Å². The number of carboxylic acid groups (broad SMARTS) is 1. The van der Waals surface area contributed by atoms with Gasteiger partial charge in [0.15, 0.2) is 5.69 Å². The average molecular weight is 488 g/mol. The van der Waals surface area contributed by atoms with Gasteiger partial charge in [-0.05, 0) is 72.3 Å². The van der Waals surface area contributed by atoms with E-state index in [1.807, 2.05) is 0 Å². The summed E-state index contributed by atoms with van der Waals surface area (Å²) in [6.07, 6.45) is -4.40. The molecule has 0 radical (unpaired) electrons. The van der Waals surface area contributed by atoms with Crippen molar-refractivity contribution in [1.82, 2.24) is 4.37 Å². The van der Waals surface area contributed by atoms with Gasteiger partial charge in [0.05, 0.1) is 9.90 Å². The Morgan fingerprint density at radius 2 is 1.91 bits per heavy atom. The van der Waals surface area contributed by atoms with Crippen molar-refractivity contribution < 1.29 is 32.2 Å². The summed E-state index contributed by atoms with van der Waals surface area (Å²) < 4.78 is 63.8. The lowest BCUT2D eigenvalue weighted by Crippen LogP contribution is -2.11. The molecule has 0 saturated heterocycles. The normalized spacial score (nSPS) is 11.6. The van der Waals surface area contributed by atoms with E-state index in [4.69, 9.17) is 21.4 Å². The number of nitrogens with zero attached hydrogens (tertiary/aromatic N) is 1. The van der Waals surface area contributed by atoms with Gasteiger partial charge < -0.3 is 9.84 Å². The number of alkyl halides is 3. The van der Waals surface area contributed by atoms with Crippen LogP contribution in [0.2, 0.25) is 5.02 Å². The first-order chi connectivity index (χ1) is 15.0. The second kappa shape index (κ2) is 9.46. The van der Waals surface area contributed by atoms with E-state index in [1.54, 1.807) is 26.0 Å². The lowest BCUT2D eigenvalue weighted by molar-refractivity contribution is -0.141. The molecule has 32 heavy (non-hydrogen) atoms. The number of aliphatic carboxylic acids is 1. The van der Waals surface area contributed by atoms with Gasteiger partial charge >= 0.3 is 12.1 Å². The number of halogens is 5. The third kappa shape index (κ3) is 5.21. The van der Waals surface area contributed by atoms with Gasteiger partial charge in [-0.2, -0.15) is 17.5 Å². The van der Waals surface area contributed by atoms with E-state index in [9.17, 15) is 22.4 Å². The maximum atomic E-state index is 13.9. The summed E-state index contributed by atoms with van der Waals surface area (Å²) in [5.41, 5.74) is 1.27. The molecule has 3 rings (SSSR count). The molecule has 0 unspecified atom stereocenters. The first-order valence-electron chi connectivity index (χ1n) is 9.44. The van der Waals surface area contributed by atoms with Crippen LogP contribution in [0, 0.1) is 19.7 Å². The van der Waals surface area contributed by atoms with Gasteiger partial charge in [0.1, 0.15) is 18.2 Å². The Hall–Kier alpha value is -2.65. The van der Waals surface area contributed by atoms with Crippen molar-refractivity contribution in [2.24, 2.45) is 0 Å². The summed E-state index contributed by atoms with van der Waals surface area (Å²) in [4.78, 5) is 11.0. The van der Waals surface area contributed by atoms with E-state index in [0.29, 0.717) is 29.3 Å². The summed E-state index contributed by atoms with van der Waals surface area (Å²) in [5.74, 6) is -1.30. The number of rotatable bonds is 7. The van der Waals surface area contributed by atoms with Crippen LogP contribution in [0.5, 0.6) is 5.75 Å². The number of aryl methyl sites for hydroxylation is 1. The molecule has 0 aliphatic heterocycles. The van der Waals surface area contributed by atoms with Crippen LogP contribution in [0.4, 0.5) is 17.6 Å². The fraction of sp³-hybridized carbons (Fsp3) is 0.273. The van der Waals surface area contributed by atoms with Gasteiger partial charge in [0.25, 0.3) is 0 Å². The maximum absolute atomic E-state index is 13.9. The standard InChI is InChI=1S/C22H18ClF4NO3S/c1-11-12(2)18(7-4-13(11)5-8-19(29)30)31-10-15-20(32-28-21(15)22(25,26)27)14-3-6-16(23)17(24)9-14/h3-4,6-7,9H,5,8,10H2,1-2H3,(H,29,30). The zero-order chi connectivity index (χ0) is 23.6. The van der Waals surface area contributed by atoms with Gasteiger partial charge in [0, 0.05) is 12.0 Å². The lowest BCUT2D eigenvalue weighted by Gasteiger charge is -2.15. The highest BCUT2D eigenvalue weighted by Gasteiger charge is 2.38. The molecule has 0 amide bonds. The zero-order valence-corrected chi connectivity index (χ0v) is 18.6. The molecular weight excluding hydrogens is 470 g/mol. The number of benzene rings is 2. The van der Waals surface area contributed by atoms with Crippen LogP contribution in [0.3, 0.4) is 0 Å². The summed E-state index contributed by atoms with van der Waals surface area (Å²) in [5, 5.41) is 8.73. The quantitative estimate of drug-likeness (QED) is 0.371. The summed E-state index contributed by atoms with van der Waals surface area (Å²) in [6, 6.07) is 7.06. The predicted octanol–water partition coefficient (Wildman–Crippen LogP) is 6.83. The number of ether oxygens (including phenoxy) is 1. The highest BCUT2D eigenvalue weighted by atomic mass is 35.5. The van der Waals surface area contributed by atoms with Crippen molar-refractivity contribution in [1.29, 1.82) is 0 Å². The minimum atomic E-state index is -4.70. The first-order valence-corrected chi connectivity index (χ1v) is 10.6. The monoisotopic (exact) mass is 487 g/mol. The number of carbonyl (C=O) groups is 1. The van der Waals surface area contributed by atoms with Gasteiger partial charge in [-0.15, -0.1) is 0 Å². The van der Waals surface area contributed by atoms with Crippen LogP contribution in [-0.4, -0.2) is 15.4 Å². The molecule has 2 aromatic carbocycles. The Morgan fingerprint density at radius 1 is 1.19 bits per heavy atom. The SMILES string of the molecule is Cc1c(CCC(=O)O)ccc(OCc2c(C(F)(F)F)nsc2-c2ccc(Cl)c(F)c2)c1C. The molecule has 1 N–H and O–H groups in total. The van der Waals surface area contributed by atoms with E-state index in [1.165, 1.54) is 12.1 Å². The van der Waals surface area contributed by atoms with Crippen molar-refractivity contribution in [2.75, 3.05) is 0 Å². The Bertz CT molecular complexity index is 1160. The van der Waals surface area contributed by atoms with Crippen LogP contribution in [0.15, 0.2) is 30.3 Å². The third-order valence-corrected chi connectivity index (χ3v) is 6.31. The van der Waals surface area contributed by atoms with Crippen LogP contribution in [0.1, 0.15) is 34.4 Å². The minimum Gasteiger partial charge on any atom is -0.488 e. The van der Waals surface area contributed by atoms with Crippen molar-refractivity contribution in [3.63, 3.8) is 0 Å². The lowest BCUT2D eigenvalue weighted by atomic mass is 9.99. The second-order valence-corrected chi connectivity index (χ2v) is 8.30. The molecule has 10 heteroatoms. The highest BCUT2D eigenvalue weighted by molar-refractivity contribution is 7.09. The molecule has 0 bridgehead atoms. The van der Waals surface area contributed by atoms with E-state index in [-0.39, 0.29) is 27.4 Å². The number of carboxylic acids is 1.